The summed E-state index contributed by atoms with van der Waals surface area (Å²) in [6.07, 6.45) is 84.9. The van der Waals surface area contributed by atoms with Crippen molar-refractivity contribution in [1.82, 2.24) is 0 Å². The van der Waals surface area contributed by atoms with Crippen LogP contribution in [0.4, 0.5) is 0 Å². The van der Waals surface area contributed by atoms with Crippen LogP contribution in [-0.2, 0) is 32.7 Å². The van der Waals surface area contributed by atoms with Gasteiger partial charge in [-0.05, 0) is 122 Å². The van der Waals surface area contributed by atoms with E-state index in [1.165, 1.54) is 38.5 Å². The average molecular weight is 1100 g/mol. The molecule has 0 bridgehead atoms. The van der Waals surface area contributed by atoms with Gasteiger partial charge in [0.25, 0.3) is 0 Å². The number of phosphoric ester groups is 1. The minimum Gasteiger partial charge on any atom is -0.462 e. The first-order valence-electron chi connectivity index (χ1n) is 30.6. The number of hydrogen-bond donors (Lipinski definition) is 1. The van der Waals surface area contributed by atoms with E-state index in [0.717, 1.165) is 141 Å². The number of phosphoric acid groups is 1. The van der Waals surface area contributed by atoms with E-state index in [2.05, 4.69) is 160 Å². The Labute approximate surface area is 478 Å². The standard InChI is InChI=1S/C68H112NO8P/c1-6-8-10-12-14-16-18-20-22-24-26-28-29-30-31-32-33-34-35-36-37-38-39-41-43-45-47-49-51-53-55-57-59-61-68(71)77-66(65-76-78(72,73)75-63-62-69(3,4)5)64-74-67(70)60-58-56-54-52-50-48-46-44-42-40-27-25-23-21-19-17-15-13-11-9-7-2/h8,10,14,16,19-22,25-28,30-31,33-34,36-37,39,41-42,44-45,47,66H,6-7,9,11-13,15,17-18,23-24,29,32,35,38,40,43,46,48-65H2,1-5H3/p+1/b10-8-,16-14-,21-19-,22-20-,27-25-,28-26-,31-30-,34-33-,37-36-,41-39-,44-42-,47-45-. The number of carbonyl (C=O) groups excluding carboxylic acids is 2. The van der Waals surface area contributed by atoms with E-state index in [1.54, 1.807) is 0 Å². The van der Waals surface area contributed by atoms with E-state index in [1.807, 2.05) is 21.1 Å². The molecule has 442 valence electrons. The zero-order valence-corrected chi connectivity index (χ0v) is 51.0. The molecule has 0 aromatic carbocycles. The minimum absolute atomic E-state index is 0.0166. The van der Waals surface area contributed by atoms with Gasteiger partial charge in [0, 0.05) is 12.8 Å². The van der Waals surface area contributed by atoms with Crippen LogP contribution in [0.15, 0.2) is 146 Å². The smallest absolute Gasteiger partial charge is 0.462 e. The van der Waals surface area contributed by atoms with Gasteiger partial charge in [-0.1, -0.05) is 230 Å². The highest BCUT2D eigenvalue weighted by molar-refractivity contribution is 7.47. The molecule has 0 spiro atoms. The predicted molar refractivity (Wildman–Crippen MR) is 334 cm³/mol. The number of nitrogens with zero attached hydrogens (tertiary/aromatic N) is 1. The third-order valence-electron chi connectivity index (χ3n) is 12.4. The third-order valence-corrected chi connectivity index (χ3v) is 13.3. The molecule has 0 heterocycles. The summed E-state index contributed by atoms with van der Waals surface area (Å²) in [5.41, 5.74) is 0. The number of hydrogen-bond acceptors (Lipinski definition) is 7. The summed E-state index contributed by atoms with van der Waals surface area (Å²) in [6, 6.07) is 0. The summed E-state index contributed by atoms with van der Waals surface area (Å²) >= 11 is 0. The second-order valence-electron chi connectivity index (χ2n) is 21.0. The Morgan fingerprint density at radius 3 is 1.09 bits per heavy atom. The molecule has 0 aliphatic carbocycles. The van der Waals surface area contributed by atoms with Gasteiger partial charge in [-0.15, -0.1) is 0 Å². The summed E-state index contributed by atoms with van der Waals surface area (Å²) in [7, 11) is 1.43. The van der Waals surface area contributed by atoms with Crippen molar-refractivity contribution in [3.05, 3.63) is 146 Å². The first-order valence-corrected chi connectivity index (χ1v) is 32.1. The van der Waals surface area contributed by atoms with Crippen LogP contribution in [0.3, 0.4) is 0 Å². The maximum atomic E-state index is 12.8. The molecule has 2 unspecified atom stereocenters. The quantitative estimate of drug-likeness (QED) is 0.0211. The molecule has 9 nitrogen and oxygen atoms in total. The molecule has 0 radical (unpaired) electrons. The molecule has 0 aromatic rings. The first kappa shape index (κ1) is 73.9. The number of quaternary nitrogens is 1. The fraction of sp³-hybridized carbons (Fsp3) is 0.618. The lowest BCUT2D eigenvalue weighted by molar-refractivity contribution is -0.870. The maximum absolute atomic E-state index is 12.8. The molecule has 10 heteroatoms. The first-order chi connectivity index (χ1) is 38.0. The normalized spacial score (nSPS) is 14.3. The van der Waals surface area contributed by atoms with Gasteiger partial charge < -0.3 is 18.9 Å². The van der Waals surface area contributed by atoms with Gasteiger partial charge in [0.05, 0.1) is 27.7 Å². The number of likely N-dealkylation sites (N-methyl/N-ethyl adjacent to an activating group) is 1. The van der Waals surface area contributed by atoms with E-state index >= 15 is 0 Å². The monoisotopic (exact) mass is 1100 g/mol. The molecule has 0 saturated heterocycles. The number of esters is 2. The Kier molecular flexibility index (Phi) is 54.5. The molecule has 78 heavy (non-hydrogen) atoms. The van der Waals surface area contributed by atoms with E-state index in [0.29, 0.717) is 23.9 Å². The Bertz CT molecular complexity index is 1820. The van der Waals surface area contributed by atoms with E-state index in [4.69, 9.17) is 18.5 Å². The molecular weight excluding hydrogens is 990 g/mol. The molecule has 0 fully saturated rings. The van der Waals surface area contributed by atoms with Crippen molar-refractivity contribution in [1.29, 1.82) is 0 Å². The van der Waals surface area contributed by atoms with Crippen molar-refractivity contribution in [2.45, 2.75) is 225 Å². The molecule has 0 rings (SSSR count). The van der Waals surface area contributed by atoms with Crippen molar-refractivity contribution >= 4 is 19.8 Å². The number of ether oxygens (including phenoxy) is 2. The highest BCUT2D eigenvalue weighted by Gasteiger charge is 2.27. The molecule has 1 N–H and O–H groups in total. The van der Waals surface area contributed by atoms with E-state index in [-0.39, 0.29) is 26.1 Å². The third kappa shape index (κ3) is 61.1. The summed E-state index contributed by atoms with van der Waals surface area (Å²) in [5.74, 6) is -0.845. The van der Waals surface area contributed by atoms with Gasteiger partial charge in [-0.2, -0.15) is 0 Å². The van der Waals surface area contributed by atoms with Crippen molar-refractivity contribution < 1.29 is 42.1 Å². The molecular formula is C68H113NO8P+. The van der Waals surface area contributed by atoms with Crippen LogP contribution in [-0.4, -0.2) is 74.9 Å². The van der Waals surface area contributed by atoms with Gasteiger partial charge in [-0.3, -0.25) is 18.6 Å². The zero-order chi connectivity index (χ0) is 57.0. The van der Waals surface area contributed by atoms with Crippen LogP contribution >= 0.6 is 7.82 Å². The topological polar surface area (TPSA) is 108 Å². The van der Waals surface area contributed by atoms with Crippen molar-refractivity contribution in [2.24, 2.45) is 0 Å². The van der Waals surface area contributed by atoms with Gasteiger partial charge in [0.15, 0.2) is 6.10 Å². The van der Waals surface area contributed by atoms with Crippen LogP contribution < -0.4 is 0 Å². The van der Waals surface area contributed by atoms with Crippen molar-refractivity contribution in [2.75, 3.05) is 47.5 Å². The fourth-order valence-corrected chi connectivity index (χ4v) is 8.40. The lowest BCUT2D eigenvalue weighted by atomic mass is 10.1. The van der Waals surface area contributed by atoms with Crippen LogP contribution in [0.5, 0.6) is 0 Å². The molecule has 0 aliphatic rings. The van der Waals surface area contributed by atoms with Crippen molar-refractivity contribution in [3.8, 4) is 0 Å². The van der Waals surface area contributed by atoms with Gasteiger partial charge in [-0.25, -0.2) is 4.57 Å². The summed E-state index contributed by atoms with van der Waals surface area (Å²) < 4.78 is 34.6. The van der Waals surface area contributed by atoms with Crippen LogP contribution in [0.25, 0.3) is 0 Å². The molecule has 2 atom stereocenters. The zero-order valence-electron chi connectivity index (χ0n) is 50.1. The lowest BCUT2D eigenvalue weighted by Gasteiger charge is -2.24. The highest BCUT2D eigenvalue weighted by Crippen LogP contribution is 2.43. The van der Waals surface area contributed by atoms with Gasteiger partial charge >= 0.3 is 19.8 Å². The number of allylic oxidation sites excluding steroid dienone is 24. The van der Waals surface area contributed by atoms with Crippen LogP contribution in [0.1, 0.15) is 219 Å². The Morgan fingerprint density at radius 1 is 0.410 bits per heavy atom. The van der Waals surface area contributed by atoms with Crippen molar-refractivity contribution in [3.63, 3.8) is 0 Å². The minimum atomic E-state index is -4.41. The van der Waals surface area contributed by atoms with Crippen LogP contribution in [0.2, 0.25) is 0 Å². The Hall–Kier alpha value is -4.11. The summed E-state index contributed by atoms with van der Waals surface area (Å²) in [5, 5.41) is 0. The SMILES string of the molecule is CC/C=C\C/C=C\C/C=C\C/C=C\C/C=C\C/C=C\C/C=C\C/C=C\C/C=C\CCCCCCCC(=O)OC(COC(=O)CCCCCCCC/C=C\C/C=C\C/C=C\CCCCCCC)COP(=O)(O)OCC[N+](C)(C)C. The molecule has 0 saturated carbocycles. The molecule has 0 amide bonds. The van der Waals surface area contributed by atoms with Gasteiger partial charge in [0.2, 0.25) is 0 Å². The van der Waals surface area contributed by atoms with E-state index < -0.39 is 32.5 Å². The van der Waals surface area contributed by atoms with Gasteiger partial charge in [0.1, 0.15) is 19.8 Å². The lowest BCUT2D eigenvalue weighted by Crippen LogP contribution is -2.37. The maximum Gasteiger partial charge on any atom is 0.472 e. The average Bonchev–Trinajstić information content (AvgIpc) is 3.41. The van der Waals surface area contributed by atoms with Crippen LogP contribution in [0, 0.1) is 0 Å². The molecule has 0 aromatic heterocycles. The Morgan fingerprint density at radius 2 is 0.731 bits per heavy atom. The highest BCUT2D eigenvalue weighted by atomic mass is 31.2. The number of rotatable bonds is 54. The number of unbranched alkanes of at least 4 members (excludes halogenated alkanes) is 16. The Balaban J connectivity index is 4.27. The van der Waals surface area contributed by atoms with E-state index in [9.17, 15) is 19.0 Å². The predicted octanol–water partition coefficient (Wildman–Crippen LogP) is 19.5. The second-order valence-corrected chi connectivity index (χ2v) is 22.5. The molecule has 0 aliphatic heterocycles. The number of carbonyl (C=O) groups is 2. The second kappa shape index (κ2) is 57.6. The largest absolute Gasteiger partial charge is 0.472 e. The fourth-order valence-electron chi connectivity index (χ4n) is 7.66. The summed E-state index contributed by atoms with van der Waals surface area (Å²) in [6.45, 7) is 4.25. The summed E-state index contributed by atoms with van der Waals surface area (Å²) in [4.78, 5) is 35.7.